The van der Waals surface area contributed by atoms with Crippen LogP contribution in [0.5, 0.6) is 0 Å². The largest absolute Gasteiger partial charge is 0.455 e. The van der Waals surface area contributed by atoms with E-state index in [1.54, 1.807) is 18.2 Å². The van der Waals surface area contributed by atoms with Crippen LogP contribution in [0.25, 0.3) is 0 Å². The van der Waals surface area contributed by atoms with Crippen molar-refractivity contribution in [3.05, 3.63) is 49.8 Å². The van der Waals surface area contributed by atoms with E-state index >= 15 is 0 Å². The summed E-state index contributed by atoms with van der Waals surface area (Å²) in [5.74, 6) is -1.24. The van der Waals surface area contributed by atoms with Gasteiger partial charge in [0, 0.05) is 38.6 Å². The smallest absolute Gasteiger partial charge is 0.309 e. The Kier molecular flexibility index (Phi) is 7.89. The Morgan fingerprint density at radius 3 is 2.43 bits per heavy atom. The molecule has 0 aliphatic carbocycles. The number of aromatic nitrogens is 1. The molecule has 2 heterocycles. The zero-order valence-corrected chi connectivity index (χ0v) is 16.5. The summed E-state index contributed by atoms with van der Waals surface area (Å²) in [6.07, 6.45) is 6.67. The second-order valence-electron chi connectivity index (χ2n) is 6.35. The number of pyridine rings is 1. The molecule has 1 saturated heterocycles. The average molecular weight is 407 g/mol. The monoisotopic (exact) mass is 407 g/mol. The fraction of sp³-hybridized carbons (Fsp3) is 0.421. The molecule has 1 aromatic heterocycles. The third-order valence-corrected chi connectivity index (χ3v) is 6.33. The molecule has 1 aliphatic rings. The van der Waals surface area contributed by atoms with Gasteiger partial charge < -0.3 is 9.64 Å². The van der Waals surface area contributed by atoms with Gasteiger partial charge in [0.25, 0.3) is 5.91 Å². The van der Waals surface area contributed by atoms with E-state index in [0.717, 1.165) is 0 Å². The minimum Gasteiger partial charge on any atom is -0.455 e. The van der Waals surface area contributed by atoms with Crippen LogP contribution in [0.1, 0.15) is 12.8 Å². The van der Waals surface area contributed by atoms with Gasteiger partial charge in [-0.2, -0.15) is 4.31 Å². The molecule has 0 atom stereocenters. The zero-order chi connectivity index (χ0) is 20.6. The molecule has 0 N–H and O–H groups in total. The van der Waals surface area contributed by atoms with Crippen molar-refractivity contribution in [3.8, 4) is 0 Å². The quantitative estimate of drug-likeness (QED) is 0.451. The standard InChI is InChI=1S/C19H25N3O5S/c1-3-10-21(11-4-2)18(23)15-27-19(24)16-7-12-22(13-8-16)28(25,26)17-6-5-9-20-14-17/h3-6,9,14,16H,1-2,7-8,10-13,15H2. The Labute approximate surface area is 165 Å². The lowest BCUT2D eigenvalue weighted by molar-refractivity contribution is -0.156. The molecule has 8 nitrogen and oxygen atoms in total. The summed E-state index contributed by atoms with van der Waals surface area (Å²) in [4.78, 5) is 29.8. The van der Waals surface area contributed by atoms with Crippen LogP contribution >= 0.6 is 0 Å². The molecule has 28 heavy (non-hydrogen) atoms. The number of carbonyl (C=O) groups excluding carboxylic acids is 2. The van der Waals surface area contributed by atoms with Crippen molar-refractivity contribution in [1.29, 1.82) is 0 Å². The van der Waals surface area contributed by atoms with E-state index in [1.807, 2.05) is 0 Å². The first-order valence-corrected chi connectivity index (χ1v) is 10.4. The van der Waals surface area contributed by atoms with Crippen LogP contribution in [0.2, 0.25) is 0 Å². The van der Waals surface area contributed by atoms with Crippen molar-refractivity contribution in [2.24, 2.45) is 5.92 Å². The molecule has 1 aliphatic heterocycles. The van der Waals surface area contributed by atoms with E-state index in [2.05, 4.69) is 18.1 Å². The molecule has 9 heteroatoms. The molecule has 0 unspecified atom stereocenters. The lowest BCUT2D eigenvalue weighted by Crippen LogP contribution is -2.41. The van der Waals surface area contributed by atoms with Gasteiger partial charge >= 0.3 is 5.97 Å². The predicted molar refractivity (Wildman–Crippen MR) is 104 cm³/mol. The molecule has 2 rings (SSSR count). The number of ether oxygens (including phenoxy) is 1. The molecular formula is C19H25N3O5S. The van der Waals surface area contributed by atoms with Crippen molar-refractivity contribution in [1.82, 2.24) is 14.2 Å². The molecule has 0 saturated carbocycles. The summed E-state index contributed by atoms with van der Waals surface area (Å²) in [7, 11) is -3.62. The normalized spacial score (nSPS) is 15.6. The van der Waals surface area contributed by atoms with Gasteiger partial charge in [0.05, 0.1) is 5.92 Å². The van der Waals surface area contributed by atoms with Crippen LogP contribution in [0.3, 0.4) is 0 Å². The number of rotatable bonds is 9. The SMILES string of the molecule is C=CCN(CC=C)C(=O)COC(=O)C1CCN(S(=O)(=O)c2cccnc2)CC1. The summed E-state index contributed by atoms with van der Waals surface area (Å²) >= 11 is 0. The summed E-state index contributed by atoms with van der Waals surface area (Å²) in [6, 6.07) is 3.06. The molecule has 1 aromatic rings. The Morgan fingerprint density at radius 2 is 1.89 bits per heavy atom. The summed E-state index contributed by atoms with van der Waals surface area (Å²) in [5.41, 5.74) is 0. The lowest BCUT2D eigenvalue weighted by atomic mass is 9.98. The summed E-state index contributed by atoms with van der Waals surface area (Å²) < 4.78 is 31.6. The molecule has 0 radical (unpaired) electrons. The Balaban J connectivity index is 1.86. The van der Waals surface area contributed by atoms with Crippen molar-refractivity contribution in [2.75, 3.05) is 32.8 Å². The lowest BCUT2D eigenvalue weighted by Gasteiger charge is -2.30. The van der Waals surface area contributed by atoms with Crippen LogP contribution in [0.4, 0.5) is 0 Å². The highest BCUT2D eigenvalue weighted by molar-refractivity contribution is 7.89. The minimum atomic E-state index is -3.62. The zero-order valence-electron chi connectivity index (χ0n) is 15.7. The molecule has 0 spiro atoms. The van der Waals surface area contributed by atoms with Gasteiger partial charge in [-0.05, 0) is 25.0 Å². The first-order valence-electron chi connectivity index (χ1n) is 8.96. The van der Waals surface area contributed by atoms with Gasteiger partial charge in [-0.15, -0.1) is 13.2 Å². The topological polar surface area (TPSA) is 96.9 Å². The van der Waals surface area contributed by atoms with E-state index in [0.29, 0.717) is 25.9 Å². The molecule has 152 valence electrons. The second kappa shape index (κ2) is 10.1. The third-order valence-electron chi connectivity index (χ3n) is 4.45. The number of sulfonamides is 1. The van der Waals surface area contributed by atoms with Crippen LogP contribution in [0, 0.1) is 5.92 Å². The van der Waals surface area contributed by atoms with E-state index in [-0.39, 0.29) is 30.5 Å². The van der Waals surface area contributed by atoms with E-state index in [1.165, 1.54) is 27.7 Å². The van der Waals surface area contributed by atoms with Crippen LogP contribution < -0.4 is 0 Å². The second-order valence-corrected chi connectivity index (χ2v) is 8.29. The molecular weight excluding hydrogens is 382 g/mol. The van der Waals surface area contributed by atoms with Gasteiger partial charge in [-0.3, -0.25) is 14.6 Å². The number of carbonyl (C=O) groups is 2. The highest BCUT2D eigenvalue weighted by Crippen LogP contribution is 2.24. The highest BCUT2D eigenvalue weighted by Gasteiger charge is 2.33. The number of hydrogen-bond acceptors (Lipinski definition) is 6. The van der Waals surface area contributed by atoms with Crippen molar-refractivity contribution in [3.63, 3.8) is 0 Å². The third kappa shape index (κ3) is 5.49. The maximum atomic E-state index is 12.6. The Hall–Kier alpha value is -2.52. The van der Waals surface area contributed by atoms with Gasteiger partial charge in [0.15, 0.2) is 6.61 Å². The van der Waals surface area contributed by atoms with Crippen molar-refractivity contribution < 1.29 is 22.7 Å². The predicted octanol–water partition coefficient (Wildman–Crippen LogP) is 1.23. The first-order chi connectivity index (χ1) is 13.4. The number of amides is 1. The number of nitrogens with zero attached hydrogens (tertiary/aromatic N) is 3. The highest BCUT2D eigenvalue weighted by atomic mass is 32.2. The minimum absolute atomic E-state index is 0.131. The average Bonchev–Trinajstić information content (AvgIpc) is 2.72. The number of esters is 1. The maximum absolute atomic E-state index is 12.6. The Bertz CT molecular complexity index is 792. The number of piperidine rings is 1. The summed E-state index contributed by atoms with van der Waals surface area (Å²) in [6.45, 7) is 7.93. The maximum Gasteiger partial charge on any atom is 0.309 e. The fourth-order valence-electron chi connectivity index (χ4n) is 2.91. The van der Waals surface area contributed by atoms with Gasteiger partial charge in [0.2, 0.25) is 10.0 Å². The van der Waals surface area contributed by atoms with Crippen LogP contribution in [0.15, 0.2) is 54.7 Å². The van der Waals surface area contributed by atoms with E-state index in [9.17, 15) is 18.0 Å². The molecule has 1 amide bonds. The molecule has 0 bridgehead atoms. The van der Waals surface area contributed by atoms with Gasteiger partial charge in [0.1, 0.15) is 4.90 Å². The Morgan fingerprint density at radius 1 is 1.25 bits per heavy atom. The van der Waals surface area contributed by atoms with Crippen LogP contribution in [-0.4, -0.2) is 67.3 Å². The van der Waals surface area contributed by atoms with Gasteiger partial charge in [-0.1, -0.05) is 12.2 Å². The van der Waals surface area contributed by atoms with E-state index < -0.39 is 21.9 Å². The fourth-order valence-corrected chi connectivity index (χ4v) is 4.35. The van der Waals surface area contributed by atoms with E-state index in [4.69, 9.17) is 4.74 Å². The van der Waals surface area contributed by atoms with Crippen molar-refractivity contribution >= 4 is 21.9 Å². The number of hydrogen-bond donors (Lipinski definition) is 0. The molecule has 1 fully saturated rings. The van der Waals surface area contributed by atoms with Crippen LogP contribution in [-0.2, 0) is 24.3 Å². The first kappa shape index (κ1) is 21.8. The van der Waals surface area contributed by atoms with Gasteiger partial charge in [-0.25, -0.2) is 8.42 Å². The van der Waals surface area contributed by atoms with Crippen molar-refractivity contribution in [2.45, 2.75) is 17.7 Å². The summed E-state index contributed by atoms with van der Waals surface area (Å²) in [5, 5.41) is 0. The molecule has 0 aromatic carbocycles.